The molecule has 19 heavy (non-hydrogen) atoms. The molecule has 0 radical (unpaired) electrons. The summed E-state index contributed by atoms with van der Waals surface area (Å²) in [6.45, 7) is 0. The maximum Gasteiger partial charge on any atom is 0.212 e. The van der Waals surface area contributed by atoms with Gasteiger partial charge in [-0.15, -0.1) is 0 Å². The Balaban J connectivity index is 1.94. The third kappa shape index (κ3) is 4.35. The van der Waals surface area contributed by atoms with Crippen LogP contribution in [0.3, 0.4) is 0 Å². The van der Waals surface area contributed by atoms with Crippen molar-refractivity contribution in [3.63, 3.8) is 0 Å². The van der Waals surface area contributed by atoms with E-state index in [1.165, 1.54) is 6.42 Å². The summed E-state index contributed by atoms with van der Waals surface area (Å²) in [7, 11) is -3.36. The van der Waals surface area contributed by atoms with E-state index in [1.807, 2.05) is 0 Å². The average molecular weight is 289 g/mol. The SMILES string of the molecule is NC(=NO)C(NS(=O)(=O)CC1CCCCC1)C1CC1. The smallest absolute Gasteiger partial charge is 0.212 e. The maximum absolute atomic E-state index is 12.2. The number of hydrogen-bond donors (Lipinski definition) is 3. The maximum atomic E-state index is 12.2. The van der Waals surface area contributed by atoms with Gasteiger partial charge in [0.1, 0.15) is 0 Å². The zero-order valence-corrected chi connectivity index (χ0v) is 11.9. The number of nitrogens with two attached hydrogens (primary N) is 1. The highest BCUT2D eigenvalue weighted by atomic mass is 32.2. The van der Waals surface area contributed by atoms with Crippen LogP contribution in [0, 0.1) is 11.8 Å². The normalized spacial score (nSPS) is 24.3. The van der Waals surface area contributed by atoms with E-state index in [4.69, 9.17) is 10.9 Å². The van der Waals surface area contributed by atoms with E-state index in [1.54, 1.807) is 0 Å². The molecule has 0 aromatic carbocycles. The van der Waals surface area contributed by atoms with Crippen molar-refractivity contribution < 1.29 is 13.6 Å². The van der Waals surface area contributed by atoms with Crippen molar-refractivity contribution in [1.29, 1.82) is 0 Å². The summed E-state index contributed by atoms with van der Waals surface area (Å²) in [5.41, 5.74) is 5.57. The molecule has 0 spiro atoms. The van der Waals surface area contributed by atoms with Crippen molar-refractivity contribution in [2.45, 2.75) is 51.0 Å². The first-order chi connectivity index (χ1) is 9.02. The minimum atomic E-state index is -3.36. The Kier molecular flexibility index (Phi) is 4.67. The van der Waals surface area contributed by atoms with Crippen molar-refractivity contribution in [1.82, 2.24) is 4.72 Å². The molecule has 0 bridgehead atoms. The van der Waals surface area contributed by atoms with E-state index < -0.39 is 16.1 Å². The largest absolute Gasteiger partial charge is 0.409 e. The second-order valence-corrected chi connectivity index (χ2v) is 7.54. The molecular weight excluding hydrogens is 266 g/mol. The molecule has 0 aromatic heterocycles. The first-order valence-electron chi connectivity index (χ1n) is 6.99. The fourth-order valence-electron chi connectivity index (χ4n) is 2.80. The summed E-state index contributed by atoms with van der Waals surface area (Å²) in [4.78, 5) is 0. The van der Waals surface area contributed by atoms with Gasteiger partial charge < -0.3 is 10.9 Å². The number of hydrogen-bond acceptors (Lipinski definition) is 4. The van der Waals surface area contributed by atoms with E-state index in [0.717, 1.165) is 38.5 Å². The van der Waals surface area contributed by atoms with E-state index in [-0.39, 0.29) is 23.4 Å². The Morgan fingerprint density at radius 3 is 2.42 bits per heavy atom. The predicted molar refractivity (Wildman–Crippen MR) is 73.4 cm³/mol. The van der Waals surface area contributed by atoms with Crippen LogP contribution in [0.25, 0.3) is 0 Å². The minimum absolute atomic E-state index is 0.0327. The molecule has 0 heterocycles. The van der Waals surface area contributed by atoms with Crippen LogP contribution in [0.1, 0.15) is 44.9 Å². The molecule has 0 aliphatic heterocycles. The second-order valence-electron chi connectivity index (χ2n) is 5.74. The van der Waals surface area contributed by atoms with Gasteiger partial charge in [0.15, 0.2) is 5.84 Å². The van der Waals surface area contributed by atoms with Gasteiger partial charge in [-0.05, 0) is 37.5 Å². The van der Waals surface area contributed by atoms with Crippen LogP contribution in [0.2, 0.25) is 0 Å². The lowest BCUT2D eigenvalue weighted by Crippen LogP contribution is -2.47. The molecule has 2 saturated carbocycles. The number of nitrogens with one attached hydrogen (secondary N) is 1. The molecule has 6 nitrogen and oxygen atoms in total. The standard InChI is InChI=1S/C12H23N3O3S/c13-12(14-16)11(10-6-7-10)15-19(17,18)8-9-4-2-1-3-5-9/h9-11,15-16H,1-8H2,(H2,13,14). The lowest BCUT2D eigenvalue weighted by atomic mass is 9.91. The molecule has 0 amide bonds. The van der Waals surface area contributed by atoms with E-state index in [9.17, 15) is 8.42 Å². The Morgan fingerprint density at radius 1 is 1.26 bits per heavy atom. The van der Waals surface area contributed by atoms with Crippen molar-refractivity contribution in [3.8, 4) is 0 Å². The van der Waals surface area contributed by atoms with Gasteiger partial charge >= 0.3 is 0 Å². The van der Waals surface area contributed by atoms with Gasteiger partial charge in [0.2, 0.25) is 10.0 Å². The Hall–Kier alpha value is -0.820. The lowest BCUT2D eigenvalue weighted by molar-refractivity contribution is 0.314. The molecular formula is C12H23N3O3S. The molecule has 110 valence electrons. The van der Waals surface area contributed by atoms with Crippen LogP contribution in [0.4, 0.5) is 0 Å². The van der Waals surface area contributed by atoms with Crippen LogP contribution >= 0.6 is 0 Å². The highest BCUT2D eigenvalue weighted by molar-refractivity contribution is 7.89. The van der Waals surface area contributed by atoms with Gasteiger partial charge in [-0.2, -0.15) is 0 Å². The number of sulfonamides is 1. The third-order valence-corrected chi connectivity index (χ3v) is 5.54. The van der Waals surface area contributed by atoms with Gasteiger partial charge in [0.05, 0.1) is 11.8 Å². The molecule has 1 unspecified atom stereocenters. The summed E-state index contributed by atoms with van der Waals surface area (Å²) in [5, 5.41) is 11.7. The molecule has 2 aliphatic carbocycles. The number of oxime groups is 1. The fourth-order valence-corrected chi connectivity index (χ4v) is 4.55. The van der Waals surface area contributed by atoms with Gasteiger partial charge in [-0.3, -0.25) is 0 Å². The minimum Gasteiger partial charge on any atom is -0.409 e. The van der Waals surface area contributed by atoms with Gasteiger partial charge in [0, 0.05) is 0 Å². The Bertz CT molecular complexity index is 426. The molecule has 0 aromatic rings. The van der Waals surface area contributed by atoms with Gasteiger partial charge in [-0.25, -0.2) is 13.1 Å². The monoisotopic (exact) mass is 289 g/mol. The zero-order chi connectivity index (χ0) is 13.9. The number of amidine groups is 1. The summed E-state index contributed by atoms with van der Waals surface area (Å²) >= 11 is 0. The molecule has 0 saturated heterocycles. The van der Waals surface area contributed by atoms with Gasteiger partial charge in [-0.1, -0.05) is 24.4 Å². The summed E-state index contributed by atoms with van der Waals surface area (Å²) < 4.78 is 26.9. The van der Waals surface area contributed by atoms with Crippen molar-refractivity contribution in [3.05, 3.63) is 0 Å². The molecule has 2 aliphatic rings. The third-order valence-electron chi connectivity index (χ3n) is 4.01. The Morgan fingerprint density at radius 2 is 1.89 bits per heavy atom. The van der Waals surface area contributed by atoms with E-state index in [2.05, 4.69) is 9.88 Å². The first-order valence-corrected chi connectivity index (χ1v) is 8.64. The summed E-state index contributed by atoms with van der Waals surface area (Å²) in [5.74, 6) is 0.555. The van der Waals surface area contributed by atoms with Crippen LogP contribution in [0.15, 0.2) is 5.16 Å². The van der Waals surface area contributed by atoms with Crippen LogP contribution in [-0.2, 0) is 10.0 Å². The zero-order valence-electron chi connectivity index (χ0n) is 11.1. The fraction of sp³-hybridized carbons (Fsp3) is 0.917. The topological polar surface area (TPSA) is 105 Å². The van der Waals surface area contributed by atoms with Crippen molar-refractivity contribution in [2.24, 2.45) is 22.7 Å². The quantitative estimate of drug-likeness (QED) is 0.294. The molecule has 4 N–H and O–H groups in total. The van der Waals surface area contributed by atoms with Crippen LogP contribution in [0.5, 0.6) is 0 Å². The molecule has 1 atom stereocenters. The number of rotatable bonds is 6. The van der Waals surface area contributed by atoms with E-state index >= 15 is 0 Å². The molecule has 2 fully saturated rings. The van der Waals surface area contributed by atoms with Crippen molar-refractivity contribution >= 4 is 15.9 Å². The first kappa shape index (κ1) is 14.6. The highest BCUT2D eigenvalue weighted by Crippen LogP contribution is 2.33. The summed E-state index contributed by atoms with van der Waals surface area (Å²) in [6.07, 6.45) is 7.26. The summed E-state index contributed by atoms with van der Waals surface area (Å²) in [6, 6.07) is -0.543. The average Bonchev–Trinajstić information content (AvgIpc) is 3.20. The van der Waals surface area contributed by atoms with Crippen molar-refractivity contribution in [2.75, 3.05) is 5.75 Å². The van der Waals surface area contributed by atoms with Crippen LogP contribution in [-0.4, -0.2) is 31.3 Å². The second kappa shape index (κ2) is 6.09. The number of nitrogens with zero attached hydrogens (tertiary/aromatic N) is 1. The highest BCUT2D eigenvalue weighted by Gasteiger charge is 2.37. The van der Waals surface area contributed by atoms with Crippen LogP contribution < -0.4 is 10.5 Å². The van der Waals surface area contributed by atoms with Gasteiger partial charge in [0.25, 0.3) is 0 Å². The molecule has 2 rings (SSSR count). The van der Waals surface area contributed by atoms with E-state index in [0.29, 0.717) is 0 Å². The molecule has 7 heteroatoms. The predicted octanol–water partition coefficient (Wildman–Crippen LogP) is 1.01. The lowest BCUT2D eigenvalue weighted by Gasteiger charge is -2.23. The Labute approximate surface area is 114 Å².